The van der Waals surface area contributed by atoms with Crippen molar-refractivity contribution in [2.75, 3.05) is 5.32 Å². The van der Waals surface area contributed by atoms with Crippen molar-refractivity contribution >= 4 is 27.9 Å². The van der Waals surface area contributed by atoms with Crippen LogP contribution in [0.2, 0.25) is 0 Å². The lowest BCUT2D eigenvalue weighted by Gasteiger charge is -2.11. The lowest BCUT2D eigenvalue weighted by molar-refractivity contribution is 1.11. The van der Waals surface area contributed by atoms with Crippen molar-refractivity contribution in [2.24, 2.45) is 0 Å². The number of aromatic nitrogens is 5. The van der Waals surface area contributed by atoms with E-state index < -0.39 is 0 Å². The molecule has 0 aliphatic rings. The maximum absolute atomic E-state index is 4.68. The summed E-state index contributed by atoms with van der Waals surface area (Å²) in [6.07, 6.45) is 11.1. The second kappa shape index (κ2) is 10.7. The van der Waals surface area contributed by atoms with Crippen LogP contribution in [0.1, 0.15) is 22.4 Å². The highest BCUT2D eigenvalue weighted by atomic mass is 15.1. The number of nitrogens with zero attached hydrogens (tertiary/aromatic N) is 3. The minimum absolute atomic E-state index is 0.821. The quantitative estimate of drug-likeness (QED) is 0.177. The van der Waals surface area contributed by atoms with Crippen molar-refractivity contribution in [3.63, 3.8) is 0 Å². The summed E-state index contributed by atoms with van der Waals surface area (Å²) in [5.41, 5.74) is 11.7. The van der Waals surface area contributed by atoms with Gasteiger partial charge >= 0.3 is 0 Å². The molecule has 0 radical (unpaired) electrons. The van der Waals surface area contributed by atoms with E-state index in [1.165, 1.54) is 0 Å². The van der Waals surface area contributed by atoms with Gasteiger partial charge in [-0.2, -0.15) is 5.10 Å². The monoisotopic (exact) mass is 520 g/mol. The third kappa shape index (κ3) is 4.86. The van der Waals surface area contributed by atoms with Crippen molar-refractivity contribution in [3.05, 3.63) is 145 Å². The van der Waals surface area contributed by atoms with E-state index in [-0.39, 0.29) is 0 Å². The van der Waals surface area contributed by atoms with E-state index in [9.17, 15) is 0 Å². The van der Waals surface area contributed by atoms with Crippen molar-refractivity contribution < 1.29 is 0 Å². The van der Waals surface area contributed by atoms with Crippen molar-refractivity contribution in [3.8, 4) is 22.5 Å². The molecule has 6 rings (SSSR count). The summed E-state index contributed by atoms with van der Waals surface area (Å²) >= 11 is 0. The molecule has 40 heavy (non-hydrogen) atoms. The summed E-state index contributed by atoms with van der Waals surface area (Å²) in [7, 11) is 0. The second-order valence-electron chi connectivity index (χ2n) is 9.54. The van der Waals surface area contributed by atoms with E-state index in [0.29, 0.717) is 0 Å². The van der Waals surface area contributed by atoms with Crippen LogP contribution in [0.15, 0.2) is 123 Å². The number of rotatable bonds is 8. The van der Waals surface area contributed by atoms with Crippen LogP contribution >= 0.6 is 0 Å². The molecule has 194 valence electrons. The first-order valence-electron chi connectivity index (χ1n) is 13.0. The first-order chi connectivity index (χ1) is 19.6. The van der Waals surface area contributed by atoms with E-state index in [4.69, 9.17) is 0 Å². The molecule has 4 aromatic heterocycles. The summed E-state index contributed by atoms with van der Waals surface area (Å²) in [5.74, 6) is 0. The number of aromatic amines is 2. The molecule has 0 amide bonds. The molecule has 2 aromatic carbocycles. The second-order valence-corrected chi connectivity index (χ2v) is 9.54. The number of fused-ring (bicyclic) bond motifs is 1. The van der Waals surface area contributed by atoms with E-state index in [0.717, 1.165) is 72.8 Å². The highest BCUT2D eigenvalue weighted by Crippen LogP contribution is 2.34. The molecule has 0 fully saturated rings. The first kappa shape index (κ1) is 24.8. The van der Waals surface area contributed by atoms with Gasteiger partial charge in [0.15, 0.2) is 0 Å². The van der Waals surface area contributed by atoms with Gasteiger partial charge in [-0.1, -0.05) is 67.8 Å². The molecular weight excluding hydrogens is 492 g/mol. The summed E-state index contributed by atoms with van der Waals surface area (Å²) in [4.78, 5) is 12.3. The molecule has 6 aromatic rings. The number of anilines is 1. The molecule has 3 N–H and O–H groups in total. The van der Waals surface area contributed by atoms with Crippen molar-refractivity contribution in [2.45, 2.75) is 6.92 Å². The number of benzene rings is 2. The van der Waals surface area contributed by atoms with E-state index in [2.05, 4.69) is 86.9 Å². The summed E-state index contributed by atoms with van der Waals surface area (Å²) in [6.45, 7) is 10.2. The van der Waals surface area contributed by atoms with E-state index in [1.54, 1.807) is 18.5 Å². The van der Waals surface area contributed by atoms with Gasteiger partial charge in [0.25, 0.3) is 0 Å². The molecular formula is C34H28N6. The van der Waals surface area contributed by atoms with Crippen molar-refractivity contribution in [1.29, 1.82) is 0 Å². The molecule has 0 spiro atoms. The first-order valence-corrected chi connectivity index (χ1v) is 13.0. The van der Waals surface area contributed by atoms with Gasteiger partial charge in [-0.3, -0.25) is 15.1 Å². The Kier molecular flexibility index (Phi) is 6.65. The summed E-state index contributed by atoms with van der Waals surface area (Å²) in [5, 5.41) is 12.3. The molecule has 6 heteroatoms. The number of nitrogens with one attached hydrogen (secondary N) is 3. The summed E-state index contributed by atoms with van der Waals surface area (Å²) < 4.78 is 0. The van der Waals surface area contributed by atoms with Crippen LogP contribution in [0.5, 0.6) is 0 Å². The highest BCUT2D eigenvalue weighted by Gasteiger charge is 2.16. The zero-order valence-electron chi connectivity index (χ0n) is 22.1. The smallest absolute Gasteiger partial charge is 0.116 e. The zero-order valence-corrected chi connectivity index (χ0v) is 22.1. The maximum atomic E-state index is 4.68. The molecule has 0 saturated heterocycles. The minimum Gasteiger partial charge on any atom is -0.357 e. The van der Waals surface area contributed by atoms with Gasteiger partial charge in [-0.05, 0) is 54.0 Å². The van der Waals surface area contributed by atoms with Gasteiger partial charge in [0.1, 0.15) is 5.69 Å². The lowest BCUT2D eigenvalue weighted by Crippen LogP contribution is -1.98. The molecule has 0 bridgehead atoms. The van der Waals surface area contributed by atoms with Gasteiger partial charge in [-0.25, -0.2) is 0 Å². The molecule has 4 heterocycles. The van der Waals surface area contributed by atoms with Crippen LogP contribution in [0.3, 0.4) is 0 Å². The molecule has 0 atom stereocenters. The predicted octanol–water partition coefficient (Wildman–Crippen LogP) is 8.02. The Morgan fingerprint density at radius 3 is 2.52 bits per heavy atom. The minimum atomic E-state index is 0.821. The average Bonchev–Trinajstić information content (AvgIpc) is 3.59. The van der Waals surface area contributed by atoms with Crippen molar-refractivity contribution in [1.82, 2.24) is 25.1 Å². The fourth-order valence-electron chi connectivity index (χ4n) is 4.90. The lowest BCUT2D eigenvalue weighted by atomic mass is 9.98. The number of hydrogen-bond acceptors (Lipinski definition) is 4. The number of pyridine rings is 2. The van der Waals surface area contributed by atoms with Gasteiger partial charge < -0.3 is 10.3 Å². The molecule has 0 aliphatic heterocycles. The fourth-order valence-corrected chi connectivity index (χ4v) is 4.90. The Hall–Kier alpha value is -5.49. The third-order valence-electron chi connectivity index (χ3n) is 6.87. The fraction of sp³-hybridized carbons (Fsp3) is 0.0294. The normalized spacial score (nSPS) is 11.5. The number of H-pyrrole nitrogens is 2. The topological polar surface area (TPSA) is 82.3 Å². The zero-order chi connectivity index (χ0) is 27.5. The standard InChI is InChI=1S/C34H28N6/c1-4-9-29(26-12-8-15-35-19-26)30-18-33(38-23(30)3)34-31-17-25(13-14-32(31)39-40-34)27-16-28(21-36-20-27)37-22(2)24-10-6-5-7-11-24/h4-21,37-38H,1-2H2,3H3,(H,39,40)/b29-9-. The molecule has 0 unspecified atom stereocenters. The van der Waals surface area contributed by atoms with Crippen LogP contribution in [0.4, 0.5) is 5.69 Å². The van der Waals surface area contributed by atoms with Gasteiger partial charge in [0.2, 0.25) is 0 Å². The third-order valence-corrected chi connectivity index (χ3v) is 6.87. The van der Waals surface area contributed by atoms with Gasteiger partial charge in [0, 0.05) is 52.1 Å². The molecule has 0 saturated carbocycles. The highest BCUT2D eigenvalue weighted by molar-refractivity contribution is 5.96. The predicted molar refractivity (Wildman–Crippen MR) is 164 cm³/mol. The van der Waals surface area contributed by atoms with Crippen LogP contribution < -0.4 is 5.32 Å². The SMILES string of the molecule is C=C/C=C(/c1cccnc1)c1cc(-c2n[nH]c3ccc(-c4cncc(NC(=C)c5ccccc5)c4)cc23)[nH]c1C. The number of aryl methyl sites for hydroxylation is 1. The van der Waals surface area contributed by atoms with Gasteiger partial charge in [0.05, 0.1) is 23.1 Å². The Morgan fingerprint density at radius 1 is 0.875 bits per heavy atom. The summed E-state index contributed by atoms with van der Waals surface area (Å²) in [6, 6.07) is 24.5. The molecule has 6 nitrogen and oxygen atoms in total. The maximum Gasteiger partial charge on any atom is 0.116 e. The molecule has 0 aliphatic carbocycles. The van der Waals surface area contributed by atoms with E-state index >= 15 is 0 Å². The Morgan fingerprint density at radius 2 is 1.73 bits per heavy atom. The largest absolute Gasteiger partial charge is 0.357 e. The van der Waals surface area contributed by atoms with E-state index in [1.807, 2.05) is 54.9 Å². The van der Waals surface area contributed by atoms with Gasteiger partial charge in [-0.15, -0.1) is 0 Å². The number of hydrogen-bond donors (Lipinski definition) is 3. The number of allylic oxidation sites excluding steroid dienone is 2. The van der Waals surface area contributed by atoms with Crippen LogP contribution in [-0.2, 0) is 0 Å². The van der Waals surface area contributed by atoms with Crippen LogP contribution in [0.25, 0.3) is 44.7 Å². The Balaban J connectivity index is 1.34. The van der Waals surface area contributed by atoms with Crippen LogP contribution in [-0.4, -0.2) is 25.1 Å². The Bertz CT molecular complexity index is 1860. The Labute approximate surface area is 232 Å². The van der Waals surface area contributed by atoms with Crippen LogP contribution in [0, 0.1) is 6.92 Å². The average molecular weight is 521 g/mol.